The minimum Gasteiger partial charge on any atom is -0.396 e. The molecule has 84 valence electrons. The van der Waals surface area contributed by atoms with Crippen molar-refractivity contribution in [3.63, 3.8) is 0 Å². The summed E-state index contributed by atoms with van der Waals surface area (Å²) in [7, 11) is 0. The van der Waals surface area contributed by atoms with E-state index in [-0.39, 0.29) is 0 Å². The van der Waals surface area contributed by atoms with Crippen LogP contribution in [0.15, 0.2) is 5.38 Å². The number of nitrogens with one attached hydrogen (secondary N) is 1. The lowest BCUT2D eigenvalue weighted by Crippen LogP contribution is -2.24. The van der Waals surface area contributed by atoms with Gasteiger partial charge in [0.25, 0.3) is 0 Å². The van der Waals surface area contributed by atoms with Crippen LogP contribution in [-0.2, 0) is 6.54 Å². The second-order valence-electron chi connectivity index (χ2n) is 4.46. The van der Waals surface area contributed by atoms with Crippen molar-refractivity contribution in [2.75, 3.05) is 13.2 Å². The monoisotopic (exact) mass is 226 g/mol. The van der Waals surface area contributed by atoms with Crippen LogP contribution >= 0.6 is 11.3 Å². The molecule has 0 spiro atoms. The molecule has 1 aromatic rings. The zero-order valence-corrected chi connectivity index (χ0v) is 9.94. The summed E-state index contributed by atoms with van der Waals surface area (Å²) in [5.74, 6) is 0. The van der Waals surface area contributed by atoms with Gasteiger partial charge in [-0.3, -0.25) is 0 Å². The quantitative estimate of drug-likeness (QED) is 0.776. The van der Waals surface area contributed by atoms with Crippen molar-refractivity contribution in [2.24, 2.45) is 5.41 Å². The minimum absolute atomic E-state index is 0.318. The Hall–Kier alpha value is -0.450. The van der Waals surface area contributed by atoms with E-state index in [0.29, 0.717) is 12.0 Å². The minimum atomic E-state index is 0.318. The summed E-state index contributed by atoms with van der Waals surface area (Å²) in [6, 6.07) is 0. The molecule has 0 aromatic carbocycles. The van der Waals surface area contributed by atoms with Crippen LogP contribution in [0.3, 0.4) is 0 Å². The Kier molecular flexibility index (Phi) is 3.38. The second kappa shape index (κ2) is 4.60. The van der Waals surface area contributed by atoms with E-state index in [4.69, 9.17) is 5.11 Å². The summed E-state index contributed by atoms with van der Waals surface area (Å²) < 4.78 is 0. The molecule has 0 atom stereocenters. The normalized spacial score (nSPS) is 18.0. The molecule has 0 radical (unpaired) electrons. The van der Waals surface area contributed by atoms with Crippen molar-refractivity contribution < 1.29 is 5.11 Å². The van der Waals surface area contributed by atoms with Crippen molar-refractivity contribution in [2.45, 2.75) is 32.7 Å². The molecular weight excluding hydrogens is 208 g/mol. The Morgan fingerprint density at radius 2 is 2.40 bits per heavy atom. The number of aryl methyl sites for hydroxylation is 1. The Balaban J connectivity index is 1.71. The van der Waals surface area contributed by atoms with E-state index in [1.807, 2.05) is 6.92 Å². The van der Waals surface area contributed by atoms with Gasteiger partial charge in [-0.05, 0) is 31.6 Å². The first-order valence-corrected chi connectivity index (χ1v) is 6.35. The van der Waals surface area contributed by atoms with Gasteiger partial charge in [0.15, 0.2) is 0 Å². The maximum absolute atomic E-state index is 8.92. The van der Waals surface area contributed by atoms with Crippen LogP contribution in [0.1, 0.15) is 30.0 Å². The second-order valence-corrected chi connectivity index (χ2v) is 5.40. The van der Waals surface area contributed by atoms with E-state index in [9.17, 15) is 0 Å². The number of aromatic nitrogens is 1. The summed E-state index contributed by atoms with van der Waals surface area (Å²) in [6.45, 7) is 4.23. The van der Waals surface area contributed by atoms with Crippen LogP contribution in [-0.4, -0.2) is 23.2 Å². The molecule has 0 unspecified atom stereocenters. The average molecular weight is 226 g/mol. The van der Waals surface area contributed by atoms with E-state index in [1.165, 1.54) is 12.8 Å². The molecule has 1 saturated carbocycles. The van der Waals surface area contributed by atoms with E-state index in [1.54, 1.807) is 11.3 Å². The van der Waals surface area contributed by atoms with Crippen LogP contribution in [0.4, 0.5) is 0 Å². The average Bonchev–Trinajstić information content (AvgIpc) is 2.83. The fraction of sp³-hybridized carbons (Fsp3) is 0.727. The molecule has 0 bridgehead atoms. The Bertz CT molecular complexity index is 320. The third kappa shape index (κ3) is 3.00. The smallest absolute Gasteiger partial charge is 0.107 e. The predicted octanol–water partition coefficient (Wildman–Crippen LogP) is 1.70. The van der Waals surface area contributed by atoms with E-state index in [2.05, 4.69) is 15.7 Å². The van der Waals surface area contributed by atoms with E-state index in [0.717, 1.165) is 30.2 Å². The van der Waals surface area contributed by atoms with Gasteiger partial charge in [-0.15, -0.1) is 11.3 Å². The molecule has 1 fully saturated rings. The first-order chi connectivity index (χ1) is 7.24. The summed E-state index contributed by atoms with van der Waals surface area (Å²) in [6.07, 6.45) is 3.46. The van der Waals surface area contributed by atoms with Gasteiger partial charge in [-0.1, -0.05) is 0 Å². The number of nitrogens with zero attached hydrogens (tertiary/aromatic N) is 1. The van der Waals surface area contributed by atoms with Crippen LogP contribution in [0.25, 0.3) is 0 Å². The van der Waals surface area contributed by atoms with Crippen LogP contribution in [0, 0.1) is 12.3 Å². The van der Waals surface area contributed by atoms with Crippen LogP contribution in [0.5, 0.6) is 0 Å². The fourth-order valence-electron chi connectivity index (χ4n) is 1.85. The summed E-state index contributed by atoms with van der Waals surface area (Å²) in [4.78, 5) is 4.40. The zero-order valence-electron chi connectivity index (χ0n) is 9.12. The van der Waals surface area contributed by atoms with Crippen LogP contribution < -0.4 is 5.32 Å². The standard InChI is InChI=1S/C11H18N2OS/c1-9-7-15-10(13-9)6-12-8-11(2-3-11)4-5-14/h7,12,14H,2-6,8H2,1H3. The highest BCUT2D eigenvalue weighted by Gasteiger charge is 2.41. The molecule has 1 aliphatic rings. The highest BCUT2D eigenvalue weighted by atomic mass is 32.1. The lowest BCUT2D eigenvalue weighted by Gasteiger charge is -2.13. The third-order valence-corrected chi connectivity index (χ3v) is 4.01. The number of hydrogen-bond acceptors (Lipinski definition) is 4. The predicted molar refractivity (Wildman–Crippen MR) is 61.9 cm³/mol. The van der Waals surface area contributed by atoms with Gasteiger partial charge >= 0.3 is 0 Å². The molecule has 0 aliphatic heterocycles. The Labute approximate surface area is 94.5 Å². The van der Waals surface area contributed by atoms with Gasteiger partial charge < -0.3 is 10.4 Å². The number of aliphatic hydroxyl groups is 1. The maximum Gasteiger partial charge on any atom is 0.107 e. The molecule has 4 heteroatoms. The summed E-state index contributed by atoms with van der Waals surface area (Å²) >= 11 is 1.71. The lowest BCUT2D eigenvalue weighted by molar-refractivity contribution is 0.245. The van der Waals surface area contributed by atoms with E-state index < -0.39 is 0 Å². The van der Waals surface area contributed by atoms with Gasteiger partial charge in [0.05, 0.1) is 0 Å². The summed E-state index contributed by atoms with van der Waals surface area (Å²) in [5.41, 5.74) is 1.51. The molecule has 2 rings (SSSR count). The van der Waals surface area contributed by atoms with Crippen molar-refractivity contribution in [3.05, 3.63) is 16.1 Å². The van der Waals surface area contributed by atoms with Crippen molar-refractivity contribution in [1.82, 2.24) is 10.3 Å². The largest absolute Gasteiger partial charge is 0.396 e. The van der Waals surface area contributed by atoms with Gasteiger partial charge in [0.2, 0.25) is 0 Å². The maximum atomic E-state index is 8.92. The van der Waals surface area contributed by atoms with Crippen molar-refractivity contribution >= 4 is 11.3 Å². The molecule has 0 saturated heterocycles. The van der Waals surface area contributed by atoms with Gasteiger partial charge in [-0.25, -0.2) is 4.98 Å². The molecule has 1 aromatic heterocycles. The fourth-order valence-corrected chi connectivity index (χ4v) is 2.59. The Morgan fingerprint density at radius 1 is 1.60 bits per heavy atom. The number of rotatable bonds is 6. The highest BCUT2D eigenvalue weighted by molar-refractivity contribution is 7.09. The molecule has 3 nitrogen and oxygen atoms in total. The third-order valence-electron chi connectivity index (χ3n) is 3.04. The lowest BCUT2D eigenvalue weighted by atomic mass is 10.0. The first kappa shape index (κ1) is 11.0. The van der Waals surface area contributed by atoms with Crippen molar-refractivity contribution in [3.8, 4) is 0 Å². The van der Waals surface area contributed by atoms with Gasteiger partial charge in [-0.2, -0.15) is 0 Å². The number of thiazole rings is 1. The Morgan fingerprint density at radius 3 is 2.93 bits per heavy atom. The van der Waals surface area contributed by atoms with Crippen molar-refractivity contribution in [1.29, 1.82) is 0 Å². The van der Waals surface area contributed by atoms with E-state index >= 15 is 0 Å². The molecule has 0 amide bonds. The molecular formula is C11H18N2OS. The van der Waals surface area contributed by atoms with Gasteiger partial charge in [0.1, 0.15) is 5.01 Å². The number of aliphatic hydroxyl groups excluding tert-OH is 1. The molecule has 2 N–H and O–H groups in total. The van der Waals surface area contributed by atoms with Crippen LogP contribution in [0.2, 0.25) is 0 Å². The zero-order chi connectivity index (χ0) is 10.7. The molecule has 1 heterocycles. The molecule has 15 heavy (non-hydrogen) atoms. The highest BCUT2D eigenvalue weighted by Crippen LogP contribution is 2.47. The molecule has 1 aliphatic carbocycles. The van der Waals surface area contributed by atoms with Gasteiger partial charge in [0, 0.05) is 30.8 Å². The summed E-state index contributed by atoms with van der Waals surface area (Å²) in [5, 5.41) is 15.6. The first-order valence-electron chi connectivity index (χ1n) is 5.47. The number of hydrogen-bond donors (Lipinski definition) is 2. The topological polar surface area (TPSA) is 45.1 Å². The SMILES string of the molecule is Cc1csc(CNCC2(CCO)CC2)n1.